The molecule has 2 rings (SSSR count). The van der Waals surface area contributed by atoms with Gasteiger partial charge in [0.2, 0.25) is 0 Å². The number of oxime groups is 1. The first-order valence-corrected chi connectivity index (χ1v) is 10.6. The molecule has 150 valence electrons. The fraction of sp³-hybridized carbons (Fsp3) is 0.333. The minimum absolute atomic E-state index is 0.0244. The number of unbranched alkanes of at least 4 members (excludes halogenated alkanes) is 1. The van der Waals surface area contributed by atoms with E-state index in [4.69, 9.17) is 9.02 Å². The Kier molecular flexibility index (Phi) is 7.75. The third-order valence-electron chi connectivity index (χ3n) is 4.05. The van der Waals surface area contributed by atoms with Crippen molar-refractivity contribution >= 4 is 21.8 Å². The maximum Gasteiger partial charge on any atom is 0.361 e. The Bertz CT molecular complexity index is 916. The molecule has 6 nitrogen and oxygen atoms in total. The fourth-order valence-electron chi connectivity index (χ4n) is 2.45. The fourth-order valence-corrected chi connectivity index (χ4v) is 3.18. The Morgan fingerprint density at radius 2 is 1.64 bits per heavy atom. The number of benzene rings is 2. The standard InChI is InChI=1S/C21H25NO5S/c1-4-6-7-17-10-14-19(15-11-17)28(24,25)27-22-20(21(23)26-5-2)18-12-8-16(3)9-13-18/h8-15H,4-7H2,1-3H3. The number of nitrogens with zero attached hydrogens (tertiary/aromatic N) is 1. The molecule has 7 heteroatoms. The second-order valence-corrected chi connectivity index (χ2v) is 7.83. The second-order valence-electron chi connectivity index (χ2n) is 6.30. The highest BCUT2D eigenvalue weighted by Gasteiger charge is 2.21. The van der Waals surface area contributed by atoms with Gasteiger partial charge >= 0.3 is 16.1 Å². The molecule has 0 atom stereocenters. The first-order valence-electron chi connectivity index (χ1n) is 9.22. The third kappa shape index (κ3) is 5.92. The molecule has 0 saturated carbocycles. The molecule has 0 saturated heterocycles. The van der Waals surface area contributed by atoms with Crippen LogP contribution in [0.1, 0.15) is 43.4 Å². The van der Waals surface area contributed by atoms with Crippen LogP contribution in [0.2, 0.25) is 0 Å². The summed E-state index contributed by atoms with van der Waals surface area (Å²) in [4.78, 5) is 12.2. The smallest absolute Gasteiger partial charge is 0.361 e. The molecule has 0 aliphatic carbocycles. The van der Waals surface area contributed by atoms with E-state index in [1.54, 1.807) is 43.3 Å². The number of rotatable bonds is 9. The Hall–Kier alpha value is -2.67. The molecule has 0 aromatic heterocycles. The van der Waals surface area contributed by atoms with Crippen molar-refractivity contribution < 1.29 is 22.2 Å². The number of carbonyl (C=O) groups excluding carboxylic acids is 1. The molecule has 0 fully saturated rings. The largest absolute Gasteiger partial charge is 0.461 e. The summed E-state index contributed by atoms with van der Waals surface area (Å²) in [6.07, 6.45) is 2.98. The van der Waals surface area contributed by atoms with Gasteiger partial charge in [-0.25, -0.2) is 4.79 Å². The van der Waals surface area contributed by atoms with Crippen molar-refractivity contribution in [2.45, 2.75) is 44.9 Å². The van der Waals surface area contributed by atoms with Crippen LogP contribution in [0.4, 0.5) is 0 Å². The molecular formula is C21H25NO5S. The molecule has 0 heterocycles. The predicted octanol–water partition coefficient (Wildman–Crippen LogP) is 4.01. The Balaban J connectivity index is 2.26. The zero-order chi connectivity index (χ0) is 20.6. The Morgan fingerprint density at radius 3 is 2.21 bits per heavy atom. The quantitative estimate of drug-likeness (QED) is 0.359. The van der Waals surface area contributed by atoms with E-state index < -0.39 is 16.1 Å². The van der Waals surface area contributed by atoms with Gasteiger partial charge in [-0.3, -0.25) is 4.28 Å². The molecule has 0 amide bonds. The minimum atomic E-state index is -4.15. The van der Waals surface area contributed by atoms with Gasteiger partial charge < -0.3 is 4.74 Å². The lowest BCUT2D eigenvalue weighted by molar-refractivity contribution is -0.135. The predicted molar refractivity (Wildman–Crippen MR) is 108 cm³/mol. The summed E-state index contributed by atoms with van der Waals surface area (Å²) in [6, 6.07) is 13.3. The summed E-state index contributed by atoms with van der Waals surface area (Å²) in [5, 5.41) is 3.62. The average Bonchev–Trinajstić information content (AvgIpc) is 2.68. The van der Waals surface area contributed by atoms with Crippen LogP contribution >= 0.6 is 0 Å². The summed E-state index contributed by atoms with van der Waals surface area (Å²) in [5.41, 5.74) is 2.25. The van der Waals surface area contributed by atoms with Crippen LogP contribution < -0.4 is 0 Å². The van der Waals surface area contributed by atoms with Crippen LogP contribution in [-0.4, -0.2) is 26.7 Å². The summed E-state index contributed by atoms with van der Waals surface area (Å²) < 4.78 is 34.7. The summed E-state index contributed by atoms with van der Waals surface area (Å²) in [6.45, 7) is 5.79. The van der Waals surface area contributed by atoms with Crippen LogP contribution in [-0.2, 0) is 30.4 Å². The molecule has 0 unspecified atom stereocenters. The van der Waals surface area contributed by atoms with Gasteiger partial charge in [-0.2, -0.15) is 8.42 Å². The second kappa shape index (κ2) is 10.0. The lowest BCUT2D eigenvalue weighted by atomic mass is 10.1. The van der Waals surface area contributed by atoms with Crippen molar-refractivity contribution in [3.05, 3.63) is 65.2 Å². The van der Waals surface area contributed by atoms with Crippen LogP contribution in [0.25, 0.3) is 0 Å². The van der Waals surface area contributed by atoms with Gasteiger partial charge in [0.1, 0.15) is 4.90 Å². The van der Waals surface area contributed by atoms with E-state index in [-0.39, 0.29) is 17.2 Å². The van der Waals surface area contributed by atoms with E-state index >= 15 is 0 Å². The lowest BCUT2D eigenvalue weighted by Crippen LogP contribution is -2.20. The highest BCUT2D eigenvalue weighted by atomic mass is 32.2. The molecule has 0 radical (unpaired) electrons. The zero-order valence-electron chi connectivity index (χ0n) is 16.3. The van der Waals surface area contributed by atoms with Crippen molar-refractivity contribution in [2.75, 3.05) is 6.61 Å². The molecule has 0 spiro atoms. The maximum absolute atomic E-state index is 12.4. The molecule has 0 aliphatic rings. The van der Waals surface area contributed by atoms with Crippen LogP contribution in [0.3, 0.4) is 0 Å². The maximum atomic E-state index is 12.4. The highest BCUT2D eigenvalue weighted by molar-refractivity contribution is 7.86. The summed E-state index contributed by atoms with van der Waals surface area (Å²) >= 11 is 0. The van der Waals surface area contributed by atoms with E-state index in [1.165, 1.54) is 12.1 Å². The van der Waals surface area contributed by atoms with Crippen LogP contribution in [0, 0.1) is 6.92 Å². The van der Waals surface area contributed by atoms with Crippen molar-refractivity contribution in [1.82, 2.24) is 0 Å². The number of hydrogen-bond donors (Lipinski definition) is 0. The van der Waals surface area contributed by atoms with Gasteiger partial charge in [0.25, 0.3) is 0 Å². The topological polar surface area (TPSA) is 82.0 Å². The van der Waals surface area contributed by atoms with E-state index in [9.17, 15) is 13.2 Å². The van der Waals surface area contributed by atoms with Gasteiger partial charge in [0.05, 0.1) is 6.61 Å². The average molecular weight is 404 g/mol. The lowest BCUT2D eigenvalue weighted by Gasteiger charge is -2.07. The van der Waals surface area contributed by atoms with Gasteiger partial charge in [0, 0.05) is 5.56 Å². The van der Waals surface area contributed by atoms with E-state index in [0.717, 1.165) is 30.4 Å². The van der Waals surface area contributed by atoms with Crippen LogP contribution in [0.5, 0.6) is 0 Å². The van der Waals surface area contributed by atoms with Crippen molar-refractivity contribution in [3.8, 4) is 0 Å². The normalized spacial score (nSPS) is 11.9. The van der Waals surface area contributed by atoms with Gasteiger partial charge in [-0.05, 0) is 44.4 Å². The first-order chi connectivity index (χ1) is 13.4. The molecular weight excluding hydrogens is 378 g/mol. The minimum Gasteiger partial charge on any atom is -0.461 e. The van der Waals surface area contributed by atoms with E-state index in [1.807, 2.05) is 6.92 Å². The number of hydrogen-bond acceptors (Lipinski definition) is 6. The van der Waals surface area contributed by atoms with E-state index in [2.05, 4.69) is 12.1 Å². The Morgan fingerprint density at radius 1 is 1.00 bits per heavy atom. The molecule has 2 aromatic rings. The summed E-state index contributed by atoms with van der Waals surface area (Å²) in [5.74, 6) is -0.753. The third-order valence-corrected chi connectivity index (χ3v) is 5.17. The van der Waals surface area contributed by atoms with Crippen LogP contribution in [0.15, 0.2) is 58.6 Å². The number of aryl methyl sites for hydroxylation is 2. The van der Waals surface area contributed by atoms with Crippen molar-refractivity contribution in [1.29, 1.82) is 0 Å². The van der Waals surface area contributed by atoms with Gasteiger partial charge in [-0.15, -0.1) is 0 Å². The monoisotopic (exact) mass is 403 g/mol. The summed E-state index contributed by atoms with van der Waals surface area (Å²) in [7, 11) is -4.15. The van der Waals surface area contributed by atoms with Crippen molar-refractivity contribution in [3.63, 3.8) is 0 Å². The van der Waals surface area contributed by atoms with E-state index in [0.29, 0.717) is 5.56 Å². The molecule has 28 heavy (non-hydrogen) atoms. The van der Waals surface area contributed by atoms with Crippen molar-refractivity contribution in [2.24, 2.45) is 5.16 Å². The number of esters is 1. The molecule has 0 bridgehead atoms. The zero-order valence-corrected chi connectivity index (χ0v) is 17.2. The first kappa shape index (κ1) is 21.6. The Labute approximate surface area is 166 Å². The molecule has 0 aliphatic heterocycles. The highest BCUT2D eigenvalue weighted by Crippen LogP contribution is 2.16. The number of ether oxygens (including phenoxy) is 1. The SMILES string of the molecule is CCCCc1ccc(S(=O)(=O)ON=C(C(=O)OCC)c2ccc(C)cc2)cc1. The molecule has 2 aromatic carbocycles. The van der Waals surface area contributed by atoms with Gasteiger partial charge in [0.15, 0.2) is 5.71 Å². The van der Waals surface area contributed by atoms with Gasteiger partial charge in [-0.1, -0.05) is 60.5 Å². The molecule has 0 N–H and O–H groups in total. The number of carbonyl (C=O) groups is 1.